The Labute approximate surface area is 365 Å². The molecule has 12 rings (SSSR count). The molecule has 0 saturated heterocycles. The van der Waals surface area contributed by atoms with Crippen LogP contribution < -0.4 is 4.90 Å². The van der Waals surface area contributed by atoms with Gasteiger partial charge in [-0.1, -0.05) is 176 Å². The molecular weight excluding hydrogens is 767 g/mol. The third kappa shape index (κ3) is 6.55. The first-order valence-corrected chi connectivity index (χ1v) is 21.4. The number of para-hydroxylation sites is 3. The molecule has 0 saturated carbocycles. The average Bonchev–Trinajstić information content (AvgIpc) is 3.94. The Morgan fingerprint density at radius 3 is 1.21 bits per heavy atom. The van der Waals surface area contributed by atoms with Crippen LogP contribution in [-0.2, 0) is 0 Å². The Morgan fingerprint density at radius 1 is 0.238 bits per heavy atom. The summed E-state index contributed by atoms with van der Waals surface area (Å²) in [6, 6.07) is 84.0. The average molecular weight is 806 g/mol. The van der Waals surface area contributed by atoms with Crippen molar-refractivity contribution in [3.8, 4) is 55.6 Å². The Balaban J connectivity index is 0.915. The second-order valence-corrected chi connectivity index (χ2v) is 16.1. The predicted octanol–water partition coefficient (Wildman–Crippen LogP) is 17.3. The van der Waals surface area contributed by atoms with Gasteiger partial charge >= 0.3 is 0 Å². The molecule has 3 heteroatoms. The summed E-state index contributed by atoms with van der Waals surface area (Å²) in [5.74, 6) is 0. The van der Waals surface area contributed by atoms with Crippen LogP contribution in [0.15, 0.2) is 245 Å². The summed E-state index contributed by atoms with van der Waals surface area (Å²) in [4.78, 5) is 2.33. The maximum absolute atomic E-state index is 6.50. The van der Waals surface area contributed by atoms with E-state index in [9.17, 15) is 0 Å². The summed E-state index contributed by atoms with van der Waals surface area (Å²) in [6.45, 7) is 0. The Hall–Kier alpha value is -8.40. The molecule has 0 radical (unpaired) electrons. The van der Waals surface area contributed by atoms with Crippen LogP contribution in [0.1, 0.15) is 0 Å². The largest absolute Gasteiger partial charge is 0.455 e. The van der Waals surface area contributed by atoms with Crippen molar-refractivity contribution in [2.45, 2.75) is 0 Å². The molecule has 0 amide bonds. The summed E-state index contributed by atoms with van der Waals surface area (Å²) in [7, 11) is 0. The van der Waals surface area contributed by atoms with Crippen LogP contribution in [0.5, 0.6) is 0 Å². The standard InChI is InChI=1S/C60H39NO2/c1-3-12-40(13-4-1)45-16-9-17-46(38-45)41-24-31-48(32-25-41)61(50-35-28-44(29-36-50)52-20-10-21-54-53-18-7-8-23-57(53)62-59(52)54)49-33-26-42(27-34-49)47-30-37-58-56(39-47)55-22-11-19-51(60(55)63-58)43-14-5-2-6-15-43/h1-39H. The molecular formula is C60H39NO2. The third-order valence-electron chi connectivity index (χ3n) is 12.3. The quantitative estimate of drug-likeness (QED) is 0.153. The molecule has 3 nitrogen and oxygen atoms in total. The monoisotopic (exact) mass is 805 g/mol. The normalized spacial score (nSPS) is 11.5. The number of anilines is 3. The van der Waals surface area contributed by atoms with E-state index < -0.39 is 0 Å². The minimum atomic E-state index is 0.884. The van der Waals surface area contributed by atoms with E-state index in [1.54, 1.807) is 0 Å². The van der Waals surface area contributed by atoms with Crippen molar-refractivity contribution in [3.05, 3.63) is 237 Å². The molecule has 12 aromatic rings. The fourth-order valence-corrected chi connectivity index (χ4v) is 9.15. The first-order valence-electron chi connectivity index (χ1n) is 21.4. The van der Waals surface area contributed by atoms with Gasteiger partial charge in [-0.05, 0) is 105 Å². The highest BCUT2D eigenvalue weighted by Gasteiger charge is 2.17. The van der Waals surface area contributed by atoms with Crippen molar-refractivity contribution in [1.29, 1.82) is 0 Å². The highest BCUT2D eigenvalue weighted by molar-refractivity contribution is 6.11. The van der Waals surface area contributed by atoms with E-state index >= 15 is 0 Å². The van der Waals surface area contributed by atoms with Gasteiger partial charge in [0.15, 0.2) is 0 Å². The Morgan fingerprint density at radius 2 is 0.619 bits per heavy atom. The van der Waals surface area contributed by atoms with Crippen LogP contribution in [0.4, 0.5) is 17.1 Å². The van der Waals surface area contributed by atoms with E-state index in [1.807, 2.05) is 18.2 Å². The van der Waals surface area contributed by atoms with E-state index in [0.717, 1.165) is 94.3 Å². The van der Waals surface area contributed by atoms with Crippen LogP contribution in [0.3, 0.4) is 0 Å². The predicted molar refractivity (Wildman–Crippen MR) is 263 cm³/mol. The summed E-state index contributed by atoms with van der Waals surface area (Å²) < 4.78 is 12.9. The zero-order chi connectivity index (χ0) is 41.7. The van der Waals surface area contributed by atoms with Crippen molar-refractivity contribution >= 4 is 60.9 Å². The van der Waals surface area contributed by atoms with Crippen molar-refractivity contribution < 1.29 is 8.83 Å². The SMILES string of the molecule is c1ccc(-c2cccc(-c3ccc(N(c4ccc(-c5ccc6oc7c(-c8ccccc8)cccc7c6c5)cc4)c4ccc(-c5cccc6c5oc5ccccc56)cc4)cc3)c2)cc1. The molecule has 63 heavy (non-hydrogen) atoms. The molecule has 0 aliphatic carbocycles. The lowest BCUT2D eigenvalue weighted by molar-refractivity contribution is 0.669. The van der Waals surface area contributed by atoms with Gasteiger partial charge in [0.2, 0.25) is 0 Å². The van der Waals surface area contributed by atoms with E-state index in [4.69, 9.17) is 8.83 Å². The van der Waals surface area contributed by atoms with E-state index in [0.29, 0.717) is 0 Å². The zero-order valence-corrected chi connectivity index (χ0v) is 34.3. The summed E-state index contributed by atoms with van der Waals surface area (Å²) in [5.41, 5.74) is 18.3. The van der Waals surface area contributed by atoms with Crippen molar-refractivity contribution in [2.24, 2.45) is 0 Å². The molecule has 0 bridgehead atoms. The van der Waals surface area contributed by atoms with Gasteiger partial charge < -0.3 is 13.7 Å². The maximum Gasteiger partial charge on any atom is 0.143 e. The van der Waals surface area contributed by atoms with Gasteiger partial charge in [-0.2, -0.15) is 0 Å². The van der Waals surface area contributed by atoms with Gasteiger partial charge in [0.05, 0.1) is 0 Å². The minimum Gasteiger partial charge on any atom is -0.455 e. The Bertz CT molecular complexity index is 3580. The number of nitrogens with zero attached hydrogens (tertiary/aromatic N) is 1. The maximum atomic E-state index is 6.50. The minimum absolute atomic E-state index is 0.884. The first-order chi connectivity index (χ1) is 31.2. The lowest BCUT2D eigenvalue weighted by Crippen LogP contribution is -2.09. The summed E-state index contributed by atoms with van der Waals surface area (Å²) in [6.07, 6.45) is 0. The van der Waals surface area contributed by atoms with Gasteiger partial charge in [0.25, 0.3) is 0 Å². The van der Waals surface area contributed by atoms with Crippen LogP contribution in [0, 0.1) is 0 Å². The fraction of sp³-hybridized carbons (Fsp3) is 0. The molecule has 0 atom stereocenters. The summed E-state index contributed by atoms with van der Waals surface area (Å²) >= 11 is 0. The van der Waals surface area contributed by atoms with E-state index in [1.165, 1.54) is 22.3 Å². The fourth-order valence-electron chi connectivity index (χ4n) is 9.15. The zero-order valence-electron chi connectivity index (χ0n) is 34.3. The van der Waals surface area contributed by atoms with Crippen LogP contribution in [-0.4, -0.2) is 0 Å². The van der Waals surface area contributed by atoms with Gasteiger partial charge in [0.1, 0.15) is 22.3 Å². The molecule has 0 N–H and O–H groups in total. The van der Waals surface area contributed by atoms with Crippen molar-refractivity contribution in [2.75, 3.05) is 4.90 Å². The van der Waals surface area contributed by atoms with Gasteiger partial charge in [-0.25, -0.2) is 0 Å². The molecule has 0 aliphatic rings. The lowest BCUT2D eigenvalue weighted by atomic mass is 9.98. The van der Waals surface area contributed by atoms with Crippen molar-refractivity contribution in [3.63, 3.8) is 0 Å². The van der Waals surface area contributed by atoms with Gasteiger partial charge in [-0.15, -0.1) is 0 Å². The highest BCUT2D eigenvalue weighted by Crippen LogP contribution is 2.42. The van der Waals surface area contributed by atoms with Crippen LogP contribution >= 0.6 is 0 Å². The van der Waals surface area contributed by atoms with Gasteiger partial charge in [-0.3, -0.25) is 0 Å². The topological polar surface area (TPSA) is 29.5 Å². The smallest absolute Gasteiger partial charge is 0.143 e. The second-order valence-electron chi connectivity index (χ2n) is 16.1. The molecule has 296 valence electrons. The highest BCUT2D eigenvalue weighted by atomic mass is 16.3. The number of hydrogen-bond acceptors (Lipinski definition) is 3. The lowest BCUT2D eigenvalue weighted by Gasteiger charge is -2.26. The number of rotatable bonds is 8. The second kappa shape index (κ2) is 15.3. The van der Waals surface area contributed by atoms with Crippen molar-refractivity contribution in [1.82, 2.24) is 0 Å². The molecule has 0 spiro atoms. The molecule has 0 unspecified atom stereocenters. The third-order valence-corrected chi connectivity index (χ3v) is 12.3. The van der Waals surface area contributed by atoms with E-state index in [2.05, 4.69) is 223 Å². The molecule has 0 aliphatic heterocycles. The number of fused-ring (bicyclic) bond motifs is 6. The molecule has 10 aromatic carbocycles. The summed E-state index contributed by atoms with van der Waals surface area (Å²) in [5, 5.41) is 4.48. The van der Waals surface area contributed by atoms with Gasteiger partial charge in [0, 0.05) is 49.7 Å². The number of benzene rings is 10. The molecule has 2 aromatic heterocycles. The van der Waals surface area contributed by atoms with Crippen LogP contribution in [0.25, 0.3) is 99.5 Å². The van der Waals surface area contributed by atoms with E-state index in [-0.39, 0.29) is 0 Å². The number of furan rings is 2. The van der Waals surface area contributed by atoms with Crippen LogP contribution in [0.2, 0.25) is 0 Å². The molecule has 0 fully saturated rings. The first kappa shape index (κ1) is 36.5. The number of hydrogen-bond donors (Lipinski definition) is 0. The Kier molecular flexibility index (Phi) is 8.83. The molecule has 2 heterocycles.